The molecule has 26 heavy (non-hydrogen) atoms. The van der Waals surface area contributed by atoms with Crippen LogP contribution >= 0.6 is 0 Å². The first kappa shape index (κ1) is 18.1. The van der Waals surface area contributed by atoms with Crippen LogP contribution in [0.1, 0.15) is 15.9 Å². The lowest BCUT2D eigenvalue weighted by atomic mass is 10.1. The largest absolute Gasteiger partial charge is 0.417 e. The van der Waals surface area contributed by atoms with E-state index in [0.29, 0.717) is 18.9 Å². The molecule has 1 aromatic heterocycles. The molecule has 4 nitrogen and oxygen atoms in total. The Morgan fingerprint density at radius 2 is 1.58 bits per heavy atom. The van der Waals surface area contributed by atoms with Crippen LogP contribution in [0.15, 0.2) is 36.5 Å². The summed E-state index contributed by atoms with van der Waals surface area (Å²) < 4.78 is 65.2. The van der Waals surface area contributed by atoms with Crippen molar-refractivity contribution in [2.45, 2.75) is 6.18 Å². The van der Waals surface area contributed by atoms with Gasteiger partial charge in [0.1, 0.15) is 23.0 Å². The van der Waals surface area contributed by atoms with Crippen molar-refractivity contribution >= 4 is 11.7 Å². The number of pyridine rings is 1. The van der Waals surface area contributed by atoms with Crippen LogP contribution in [-0.4, -0.2) is 42.0 Å². The van der Waals surface area contributed by atoms with Gasteiger partial charge in [0.05, 0.1) is 5.56 Å². The summed E-state index contributed by atoms with van der Waals surface area (Å²) in [5, 5.41) is 0. The second-order valence-corrected chi connectivity index (χ2v) is 5.78. The van der Waals surface area contributed by atoms with Gasteiger partial charge in [0.15, 0.2) is 0 Å². The summed E-state index contributed by atoms with van der Waals surface area (Å²) in [6.07, 6.45) is -3.71. The highest BCUT2D eigenvalue weighted by molar-refractivity contribution is 5.95. The zero-order chi connectivity index (χ0) is 18.9. The summed E-state index contributed by atoms with van der Waals surface area (Å²) in [5.74, 6) is -2.26. The lowest BCUT2D eigenvalue weighted by molar-refractivity contribution is -0.137. The fourth-order valence-corrected chi connectivity index (χ4v) is 2.74. The van der Waals surface area contributed by atoms with Crippen molar-refractivity contribution in [3.05, 3.63) is 59.3 Å². The number of nitrogens with zero attached hydrogens (tertiary/aromatic N) is 3. The third kappa shape index (κ3) is 3.61. The molecule has 1 aliphatic heterocycles. The molecule has 0 saturated carbocycles. The second-order valence-electron chi connectivity index (χ2n) is 5.78. The number of aromatic nitrogens is 1. The Hall–Kier alpha value is -2.71. The van der Waals surface area contributed by atoms with E-state index in [1.54, 1.807) is 4.90 Å². The van der Waals surface area contributed by atoms with Crippen molar-refractivity contribution in [3.63, 3.8) is 0 Å². The number of carbonyl (C=O) groups excluding carboxylic acids is 1. The Labute approximate surface area is 145 Å². The number of hydrogen-bond acceptors (Lipinski definition) is 3. The predicted molar refractivity (Wildman–Crippen MR) is 83.7 cm³/mol. The first-order valence-corrected chi connectivity index (χ1v) is 7.79. The summed E-state index contributed by atoms with van der Waals surface area (Å²) in [6, 6.07) is 5.40. The van der Waals surface area contributed by atoms with E-state index in [2.05, 4.69) is 4.98 Å². The summed E-state index contributed by atoms with van der Waals surface area (Å²) >= 11 is 0. The van der Waals surface area contributed by atoms with Crippen molar-refractivity contribution in [2.75, 3.05) is 31.1 Å². The molecular formula is C17H14F5N3O. The van der Waals surface area contributed by atoms with Gasteiger partial charge >= 0.3 is 6.18 Å². The molecule has 0 bridgehead atoms. The van der Waals surface area contributed by atoms with Crippen molar-refractivity contribution < 1.29 is 26.7 Å². The number of amides is 1. The van der Waals surface area contributed by atoms with Crippen LogP contribution in [-0.2, 0) is 6.18 Å². The Bertz CT molecular complexity index is 779. The first-order valence-electron chi connectivity index (χ1n) is 7.79. The van der Waals surface area contributed by atoms with Crippen LogP contribution in [0.5, 0.6) is 0 Å². The zero-order valence-corrected chi connectivity index (χ0v) is 13.4. The highest BCUT2D eigenvalue weighted by atomic mass is 19.4. The molecule has 3 rings (SSSR count). The molecule has 1 aliphatic rings. The standard InChI is InChI=1S/C17H14F5N3O/c18-12-2-1-3-13(19)15(12)16(26)25-8-6-24(7-9-25)14-5-4-11(10-23-14)17(20,21)22/h1-5,10H,6-9H2. The third-order valence-electron chi connectivity index (χ3n) is 4.14. The Morgan fingerprint density at radius 1 is 0.962 bits per heavy atom. The molecule has 9 heteroatoms. The quantitative estimate of drug-likeness (QED) is 0.760. The van der Waals surface area contributed by atoms with E-state index in [1.165, 1.54) is 17.0 Å². The predicted octanol–water partition coefficient (Wildman–Crippen LogP) is 3.34. The molecule has 2 aromatic rings. The average molecular weight is 371 g/mol. The Kier molecular flexibility index (Phi) is 4.80. The van der Waals surface area contributed by atoms with Gasteiger partial charge in [-0.2, -0.15) is 13.2 Å². The highest BCUT2D eigenvalue weighted by Gasteiger charge is 2.31. The maximum absolute atomic E-state index is 13.7. The van der Waals surface area contributed by atoms with Crippen LogP contribution < -0.4 is 4.90 Å². The second kappa shape index (κ2) is 6.89. The topological polar surface area (TPSA) is 36.4 Å². The number of alkyl halides is 3. The van der Waals surface area contributed by atoms with Gasteiger partial charge in [0.25, 0.3) is 5.91 Å². The average Bonchev–Trinajstić information content (AvgIpc) is 2.61. The van der Waals surface area contributed by atoms with Crippen LogP contribution in [0.25, 0.3) is 0 Å². The van der Waals surface area contributed by atoms with Crippen LogP contribution in [0.2, 0.25) is 0 Å². The van der Waals surface area contributed by atoms with Crippen LogP contribution in [0.3, 0.4) is 0 Å². The SMILES string of the molecule is O=C(c1c(F)cccc1F)N1CCN(c2ccc(C(F)(F)F)cn2)CC1. The van der Waals surface area contributed by atoms with E-state index in [4.69, 9.17) is 0 Å². The van der Waals surface area contributed by atoms with Crippen LogP contribution in [0.4, 0.5) is 27.8 Å². The summed E-state index contributed by atoms with van der Waals surface area (Å²) in [7, 11) is 0. The Morgan fingerprint density at radius 3 is 2.08 bits per heavy atom. The first-order chi connectivity index (χ1) is 12.3. The van der Waals surface area contributed by atoms with Gasteiger partial charge < -0.3 is 9.80 Å². The molecular weight excluding hydrogens is 357 g/mol. The number of halogens is 5. The molecule has 0 spiro atoms. The normalized spacial score (nSPS) is 15.3. The van der Waals surface area contributed by atoms with E-state index >= 15 is 0 Å². The number of rotatable bonds is 2. The van der Waals surface area contributed by atoms with Gasteiger partial charge in [-0.3, -0.25) is 4.79 Å². The maximum Gasteiger partial charge on any atom is 0.417 e. The lowest BCUT2D eigenvalue weighted by Gasteiger charge is -2.35. The molecule has 0 aliphatic carbocycles. The lowest BCUT2D eigenvalue weighted by Crippen LogP contribution is -2.49. The number of hydrogen-bond donors (Lipinski definition) is 0. The molecule has 1 fully saturated rings. The molecule has 0 unspecified atom stereocenters. The van der Waals surface area contributed by atoms with Gasteiger partial charge in [0.2, 0.25) is 0 Å². The number of benzene rings is 1. The highest BCUT2D eigenvalue weighted by Crippen LogP contribution is 2.29. The molecule has 0 N–H and O–H groups in total. The van der Waals surface area contributed by atoms with Gasteiger partial charge in [-0.15, -0.1) is 0 Å². The zero-order valence-electron chi connectivity index (χ0n) is 13.4. The molecule has 1 saturated heterocycles. The van der Waals surface area contributed by atoms with E-state index in [0.717, 1.165) is 24.4 Å². The van der Waals surface area contributed by atoms with E-state index in [9.17, 15) is 26.7 Å². The van der Waals surface area contributed by atoms with E-state index in [-0.39, 0.29) is 13.1 Å². The Balaban J connectivity index is 1.67. The maximum atomic E-state index is 13.7. The van der Waals surface area contributed by atoms with Gasteiger partial charge in [-0.05, 0) is 24.3 Å². The minimum atomic E-state index is -4.46. The van der Waals surface area contributed by atoms with Crippen molar-refractivity contribution in [3.8, 4) is 0 Å². The fourth-order valence-electron chi connectivity index (χ4n) is 2.74. The van der Waals surface area contributed by atoms with Gasteiger partial charge in [-0.25, -0.2) is 13.8 Å². The number of anilines is 1. The van der Waals surface area contributed by atoms with Crippen LogP contribution in [0, 0.1) is 11.6 Å². The van der Waals surface area contributed by atoms with Crippen molar-refractivity contribution in [1.82, 2.24) is 9.88 Å². The van der Waals surface area contributed by atoms with Crippen molar-refractivity contribution in [2.24, 2.45) is 0 Å². The molecule has 1 aromatic carbocycles. The number of carbonyl (C=O) groups is 1. The smallest absolute Gasteiger partial charge is 0.353 e. The van der Waals surface area contributed by atoms with Gasteiger partial charge in [-0.1, -0.05) is 6.07 Å². The molecule has 0 atom stereocenters. The molecule has 138 valence electrons. The summed E-state index contributed by atoms with van der Waals surface area (Å²) in [5.41, 5.74) is -1.45. The minimum absolute atomic E-state index is 0.176. The summed E-state index contributed by atoms with van der Waals surface area (Å²) in [4.78, 5) is 19.2. The molecule has 2 heterocycles. The molecule has 0 radical (unpaired) electrons. The minimum Gasteiger partial charge on any atom is -0.353 e. The third-order valence-corrected chi connectivity index (χ3v) is 4.14. The van der Waals surface area contributed by atoms with E-state index in [1.807, 2.05) is 0 Å². The number of piperazine rings is 1. The fraction of sp³-hybridized carbons (Fsp3) is 0.294. The monoisotopic (exact) mass is 371 g/mol. The summed E-state index contributed by atoms with van der Waals surface area (Å²) in [6.45, 7) is 0.935. The van der Waals surface area contributed by atoms with Gasteiger partial charge in [0, 0.05) is 32.4 Å². The van der Waals surface area contributed by atoms with E-state index < -0.39 is 34.8 Å². The molecule has 1 amide bonds. The van der Waals surface area contributed by atoms with Crippen molar-refractivity contribution in [1.29, 1.82) is 0 Å².